The fraction of sp³-hybridized carbons (Fsp3) is 0.250. The molecule has 2 N–H and O–H groups in total. The number of aromatic nitrogens is 2. The molecule has 0 aliphatic heterocycles. The van der Waals surface area contributed by atoms with Gasteiger partial charge in [-0.3, -0.25) is 9.59 Å². The van der Waals surface area contributed by atoms with Gasteiger partial charge in [0, 0.05) is 18.7 Å². The van der Waals surface area contributed by atoms with E-state index in [0.717, 1.165) is 5.56 Å². The molecule has 0 spiro atoms. The number of hydrogen-bond acceptors (Lipinski definition) is 7. The molecule has 0 aliphatic rings. The van der Waals surface area contributed by atoms with Crippen LogP contribution in [-0.4, -0.2) is 41.8 Å². The van der Waals surface area contributed by atoms with Crippen LogP contribution < -0.4 is 14.8 Å². The Balaban J connectivity index is 1.71. The molecule has 0 unspecified atom stereocenters. The van der Waals surface area contributed by atoms with Crippen LogP contribution in [0.5, 0.6) is 17.4 Å². The van der Waals surface area contributed by atoms with Crippen molar-refractivity contribution in [2.45, 2.75) is 27.2 Å². The zero-order chi connectivity index (χ0) is 24.1. The fourth-order valence-corrected chi connectivity index (χ4v) is 3.37. The summed E-state index contributed by atoms with van der Waals surface area (Å²) in [6, 6.07) is 8.80. The van der Waals surface area contributed by atoms with Gasteiger partial charge in [0.05, 0.1) is 43.8 Å². The molecule has 33 heavy (non-hydrogen) atoms. The van der Waals surface area contributed by atoms with Crippen LogP contribution in [-0.2, 0) is 16.0 Å². The summed E-state index contributed by atoms with van der Waals surface area (Å²) in [7, 11) is 2.80. The van der Waals surface area contributed by atoms with Crippen LogP contribution in [0, 0.1) is 13.8 Å². The second kappa shape index (κ2) is 9.99. The SMILES string of the molecule is COC(=O)c1c(CC(=O)Nc2ccc(Oc3ccc(C)cc3OC)nc2)[nH]c(C(C)=O)c1C. The van der Waals surface area contributed by atoms with E-state index in [2.05, 4.69) is 15.3 Å². The van der Waals surface area contributed by atoms with Gasteiger partial charge >= 0.3 is 5.97 Å². The number of pyridine rings is 1. The first kappa shape index (κ1) is 23.5. The first-order valence-electron chi connectivity index (χ1n) is 10.1. The minimum absolute atomic E-state index is 0.155. The third-order valence-corrected chi connectivity index (χ3v) is 4.96. The number of ether oxygens (including phenoxy) is 3. The van der Waals surface area contributed by atoms with Crippen molar-refractivity contribution in [1.82, 2.24) is 9.97 Å². The molecule has 0 aliphatic carbocycles. The van der Waals surface area contributed by atoms with Crippen LogP contribution >= 0.6 is 0 Å². The molecule has 0 fully saturated rings. The first-order chi connectivity index (χ1) is 15.7. The molecular formula is C24H25N3O6. The fourth-order valence-electron chi connectivity index (χ4n) is 3.37. The summed E-state index contributed by atoms with van der Waals surface area (Å²) in [6.45, 7) is 4.96. The molecule has 9 nitrogen and oxygen atoms in total. The van der Waals surface area contributed by atoms with Crippen molar-refractivity contribution >= 4 is 23.3 Å². The Morgan fingerprint density at radius 3 is 2.42 bits per heavy atom. The molecule has 2 aromatic heterocycles. The van der Waals surface area contributed by atoms with Crippen molar-refractivity contribution in [3.05, 3.63) is 64.6 Å². The summed E-state index contributed by atoms with van der Waals surface area (Å²) in [5.74, 6) is 0.178. The maximum absolute atomic E-state index is 12.6. The number of ketones is 1. The zero-order valence-electron chi connectivity index (χ0n) is 19.1. The lowest BCUT2D eigenvalue weighted by Gasteiger charge is -2.11. The quantitative estimate of drug-likeness (QED) is 0.392. The molecule has 2 heterocycles. The van der Waals surface area contributed by atoms with E-state index < -0.39 is 11.9 Å². The molecule has 1 amide bonds. The molecule has 0 atom stereocenters. The van der Waals surface area contributed by atoms with Gasteiger partial charge in [-0.15, -0.1) is 0 Å². The van der Waals surface area contributed by atoms with Crippen LogP contribution in [0.15, 0.2) is 36.5 Å². The summed E-state index contributed by atoms with van der Waals surface area (Å²) >= 11 is 0. The van der Waals surface area contributed by atoms with Crippen molar-refractivity contribution in [3.8, 4) is 17.4 Å². The van der Waals surface area contributed by atoms with Gasteiger partial charge in [-0.05, 0) is 43.2 Å². The highest BCUT2D eigenvalue weighted by atomic mass is 16.5. The molecule has 9 heteroatoms. The lowest BCUT2D eigenvalue weighted by atomic mass is 10.1. The van der Waals surface area contributed by atoms with Gasteiger partial charge < -0.3 is 24.5 Å². The number of hydrogen-bond donors (Lipinski definition) is 2. The summed E-state index contributed by atoms with van der Waals surface area (Å²) in [4.78, 5) is 43.7. The van der Waals surface area contributed by atoms with E-state index in [1.54, 1.807) is 32.2 Å². The zero-order valence-corrected chi connectivity index (χ0v) is 19.1. The Morgan fingerprint density at radius 2 is 1.82 bits per heavy atom. The van der Waals surface area contributed by atoms with Crippen molar-refractivity contribution in [1.29, 1.82) is 0 Å². The van der Waals surface area contributed by atoms with Crippen molar-refractivity contribution in [2.75, 3.05) is 19.5 Å². The third kappa shape index (κ3) is 5.38. The van der Waals surface area contributed by atoms with Gasteiger partial charge in [0.15, 0.2) is 17.3 Å². The summed E-state index contributed by atoms with van der Waals surface area (Å²) in [5, 5.41) is 2.71. The maximum Gasteiger partial charge on any atom is 0.339 e. The van der Waals surface area contributed by atoms with Crippen molar-refractivity contribution < 1.29 is 28.6 Å². The first-order valence-corrected chi connectivity index (χ1v) is 10.1. The normalized spacial score (nSPS) is 10.5. The molecule has 0 radical (unpaired) electrons. The molecule has 172 valence electrons. The van der Waals surface area contributed by atoms with E-state index in [0.29, 0.717) is 34.3 Å². The van der Waals surface area contributed by atoms with E-state index in [4.69, 9.17) is 14.2 Å². The minimum atomic E-state index is -0.617. The summed E-state index contributed by atoms with van der Waals surface area (Å²) < 4.78 is 15.9. The van der Waals surface area contributed by atoms with Crippen LogP contribution in [0.2, 0.25) is 0 Å². The number of carbonyl (C=O) groups excluding carboxylic acids is 3. The Hall–Kier alpha value is -4.14. The number of methoxy groups -OCH3 is 2. The number of Topliss-reactive ketones (excluding diaryl/α,β-unsaturated/α-hetero) is 1. The average Bonchev–Trinajstić information content (AvgIpc) is 3.11. The summed E-state index contributed by atoms with van der Waals surface area (Å²) in [6.07, 6.45) is 1.30. The monoisotopic (exact) mass is 451 g/mol. The van der Waals surface area contributed by atoms with Gasteiger partial charge in [0.25, 0.3) is 0 Å². The predicted octanol–water partition coefficient (Wildman–Crippen LogP) is 4.00. The molecule has 3 rings (SSSR count). The second-order valence-electron chi connectivity index (χ2n) is 7.39. The van der Waals surface area contributed by atoms with Gasteiger partial charge in [0.1, 0.15) is 0 Å². The number of aromatic amines is 1. The molecule has 0 bridgehead atoms. The highest BCUT2D eigenvalue weighted by Crippen LogP contribution is 2.31. The van der Waals surface area contributed by atoms with Crippen LogP contribution in [0.3, 0.4) is 0 Å². The molecule has 0 saturated heterocycles. The van der Waals surface area contributed by atoms with Gasteiger partial charge in [-0.1, -0.05) is 6.07 Å². The van der Waals surface area contributed by atoms with Gasteiger partial charge in [-0.2, -0.15) is 0 Å². The number of nitrogens with one attached hydrogen (secondary N) is 2. The van der Waals surface area contributed by atoms with Crippen molar-refractivity contribution in [3.63, 3.8) is 0 Å². The highest BCUT2D eigenvalue weighted by molar-refractivity contribution is 6.02. The number of carbonyl (C=O) groups is 3. The van der Waals surface area contributed by atoms with E-state index in [1.807, 2.05) is 19.1 Å². The smallest absolute Gasteiger partial charge is 0.339 e. The Bertz CT molecular complexity index is 1200. The van der Waals surface area contributed by atoms with E-state index in [9.17, 15) is 14.4 Å². The van der Waals surface area contributed by atoms with Crippen LogP contribution in [0.25, 0.3) is 0 Å². The molecule has 0 saturated carbocycles. The van der Waals surface area contributed by atoms with Crippen molar-refractivity contribution in [2.24, 2.45) is 0 Å². The number of nitrogens with zero attached hydrogens (tertiary/aromatic N) is 1. The van der Waals surface area contributed by atoms with E-state index in [-0.39, 0.29) is 23.5 Å². The number of H-pyrrole nitrogens is 1. The molecular weight excluding hydrogens is 426 g/mol. The maximum atomic E-state index is 12.6. The lowest BCUT2D eigenvalue weighted by molar-refractivity contribution is -0.115. The topological polar surface area (TPSA) is 120 Å². The van der Waals surface area contributed by atoms with Gasteiger partial charge in [0.2, 0.25) is 11.8 Å². The summed E-state index contributed by atoms with van der Waals surface area (Å²) in [5.41, 5.74) is 2.69. The largest absolute Gasteiger partial charge is 0.493 e. The Morgan fingerprint density at radius 1 is 1.06 bits per heavy atom. The number of aryl methyl sites for hydroxylation is 1. The molecule has 1 aromatic carbocycles. The number of rotatable bonds is 8. The third-order valence-electron chi connectivity index (χ3n) is 4.96. The lowest BCUT2D eigenvalue weighted by Crippen LogP contribution is -2.17. The number of benzene rings is 1. The predicted molar refractivity (Wildman–Crippen MR) is 121 cm³/mol. The Kier molecular flexibility index (Phi) is 7.12. The highest BCUT2D eigenvalue weighted by Gasteiger charge is 2.24. The van der Waals surface area contributed by atoms with Gasteiger partial charge in [-0.25, -0.2) is 9.78 Å². The van der Waals surface area contributed by atoms with Crippen LogP contribution in [0.1, 0.15) is 44.6 Å². The number of esters is 1. The number of anilines is 1. The minimum Gasteiger partial charge on any atom is -0.493 e. The Labute approximate surface area is 191 Å². The van der Waals surface area contributed by atoms with E-state index >= 15 is 0 Å². The average molecular weight is 451 g/mol. The molecule has 3 aromatic rings. The number of amides is 1. The second-order valence-corrected chi connectivity index (χ2v) is 7.39. The van der Waals surface area contributed by atoms with Crippen LogP contribution in [0.4, 0.5) is 5.69 Å². The van der Waals surface area contributed by atoms with E-state index in [1.165, 1.54) is 20.2 Å². The standard InChI is InChI=1S/C24H25N3O6/c1-13-6-8-18(19(10-13)31-4)33-21-9-7-16(12-25-21)26-20(29)11-17-22(24(30)32-5)14(2)23(27-17)15(3)28/h6-10,12,27H,11H2,1-5H3,(H,26,29).